The summed E-state index contributed by atoms with van der Waals surface area (Å²) >= 11 is 0. The quantitative estimate of drug-likeness (QED) is 0.637. The Morgan fingerprint density at radius 1 is 1.33 bits per heavy atom. The highest BCUT2D eigenvalue weighted by Gasteiger charge is 2.54. The highest BCUT2D eigenvalue weighted by molar-refractivity contribution is 5.90. The smallest absolute Gasteiger partial charge is 0.233 e. The van der Waals surface area contributed by atoms with Crippen LogP contribution in [0.5, 0.6) is 0 Å². The van der Waals surface area contributed by atoms with Gasteiger partial charge in [-0.1, -0.05) is 30.3 Å². The third-order valence-corrected chi connectivity index (χ3v) is 5.01. The normalized spacial score (nSPS) is 32.9. The number of carbonyl (C=O) groups is 1. The average molecular weight is 239 g/mol. The van der Waals surface area contributed by atoms with Crippen LogP contribution in [0.1, 0.15) is 29.9 Å². The van der Waals surface area contributed by atoms with E-state index >= 15 is 0 Å². The number of carbonyl (C=O) groups excluding carboxylic acids is 1. The van der Waals surface area contributed by atoms with E-state index in [0.29, 0.717) is 11.8 Å². The number of rotatable bonds is 0. The minimum Gasteiger partial charge on any atom is -0.341 e. The van der Waals surface area contributed by atoms with Crippen molar-refractivity contribution in [2.45, 2.75) is 25.2 Å². The van der Waals surface area contributed by atoms with E-state index in [2.05, 4.69) is 30.3 Å². The molecule has 0 N–H and O–H groups in total. The highest BCUT2D eigenvalue weighted by atomic mass is 16.2. The standard InChI is InChI=1S/C16H17NO/c1-17-10-13-7-6-12-9-16(13,15(17)18)8-11-4-2-3-5-14(11)12/h2-5,7,12H,6,8-10H2,1H3/t12-,16+/m0/s1. The first-order valence-corrected chi connectivity index (χ1v) is 6.73. The van der Waals surface area contributed by atoms with Crippen molar-refractivity contribution in [2.24, 2.45) is 5.41 Å². The molecule has 0 radical (unpaired) electrons. The Bertz CT molecular complexity index is 574. The van der Waals surface area contributed by atoms with E-state index in [-0.39, 0.29) is 5.41 Å². The molecule has 92 valence electrons. The van der Waals surface area contributed by atoms with Crippen LogP contribution in [-0.4, -0.2) is 24.4 Å². The number of fused-ring (bicyclic) bond motifs is 3. The van der Waals surface area contributed by atoms with Crippen molar-refractivity contribution >= 4 is 5.91 Å². The van der Waals surface area contributed by atoms with Crippen molar-refractivity contribution in [3.63, 3.8) is 0 Å². The van der Waals surface area contributed by atoms with Crippen molar-refractivity contribution in [1.29, 1.82) is 0 Å². The molecule has 2 nitrogen and oxygen atoms in total. The number of hydrogen-bond acceptors (Lipinski definition) is 1. The Balaban J connectivity index is 1.90. The summed E-state index contributed by atoms with van der Waals surface area (Å²) in [6.07, 6.45) is 5.38. The lowest BCUT2D eigenvalue weighted by molar-refractivity contribution is -0.135. The lowest BCUT2D eigenvalue weighted by Crippen LogP contribution is -2.40. The van der Waals surface area contributed by atoms with Gasteiger partial charge in [0.05, 0.1) is 5.41 Å². The zero-order chi connectivity index (χ0) is 12.3. The zero-order valence-electron chi connectivity index (χ0n) is 10.6. The van der Waals surface area contributed by atoms with Crippen LogP contribution in [0.15, 0.2) is 35.9 Å². The second-order valence-corrected chi connectivity index (χ2v) is 5.99. The molecule has 0 unspecified atom stereocenters. The Morgan fingerprint density at radius 2 is 2.17 bits per heavy atom. The van der Waals surface area contributed by atoms with Gasteiger partial charge < -0.3 is 4.90 Å². The fraction of sp³-hybridized carbons (Fsp3) is 0.438. The molecule has 0 saturated carbocycles. The lowest BCUT2D eigenvalue weighted by atomic mass is 9.60. The van der Waals surface area contributed by atoms with Crippen molar-refractivity contribution in [3.05, 3.63) is 47.0 Å². The molecule has 2 heteroatoms. The fourth-order valence-corrected chi connectivity index (χ4v) is 4.16. The summed E-state index contributed by atoms with van der Waals surface area (Å²) in [6.45, 7) is 0.841. The van der Waals surface area contributed by atoms with Gasteiger partial charge in [-0.2, -0.15) is 0 Å². The molecule has 2 atom stereocenters. The summed E-state index contributed by atoms with van der Waals surface area (Å²) in [5.74, 6) is 0.891. The number of hydrogen-bond donors (Lipinski definition) is 0. The maximum absolute atomic E-state index is 12.6. The molecule has 1 spiro atoms. The summed E-state index contributed by atoms with van der Waals surface area (Å²) in [6, 6.07) is 8.67. The van der Waals surface area contributed by atoms with Gasteiger partial charge in [0.2, 0.25) is 5.91 Å². The minimum atomic E-state index is -0.188. The van der Waals surface area contributed by atoms with E-state index < -0.39 is 0 Å². The second kappa shape index (κ2) is 3.25. The van der Waals surface area contributed by atoms with E-state index in [9.17, 15) is 4.79 Å². The molecule has 0 aromatic heterocycles. The lowest BCUT2D eigenvalue weighted by Gasteiger charge is -2.41. The van der Waals surface area contributed by atoms with Gasteiger partial charge in [-0.3, -0.25) is 4.79 Å². The van der Waals surface area contributed by atoms with Crippen LogP contribution in [0.3, 0.4) is 0 Å². The number of nitrogens with zero attached hydrogens (tertiary/aromatic N) is 1. The highest BCUT2D eigenvalue weighted by Crippen LogP contribution is 2.54. The monoisotopic (exact) mass is 239 g/mol. The van der Waals surface area contributed by atoms with Crippen molar-refractivity contribution in [1.82, 2.24) is 4.90 Å². The zero-order valence-corrected chi connectivity index (χ0v) is 10.6. The van der Waals surface area contributed by atoms with E-state index in [1.807, 2.05) is 11.9 Å². The maximum atomic E-state index is 12.6. The molecule has 1 aliphatic heterocycles. The number of amides is 1. The number of likely N-dealkylation sites (tertiary alicyclic amines) is 1. The van der Waals surface area contributed by atoms with Gasteiger partial charge in [-0.25, -0.2) is 0 Å². The van der Waals surface area contributed by atoms with E-state index in [1.165, 1.54) is 16.7 Å². The predicted molar refractivity (Wildman–Crippen MR) is 70.3 cm³/mol. The molecular formula is C16H17NO. The van der Waals surface area contributed by atoms with Gasteiger partial charge in [0.15, 0.2) is 0 Å². The molecule has 1 fully saturated rings. The van der Waals surface area contributed by atoms with Crippen LogP contribution >= 0.6 is 0 Å². The minimum absolute atomic E-state index is 0.188. The average Bonchev–Trinajstić information content (AvgIpc) is 2.62. The van der Waals surface area contributed by atoms with Crippen molar-refractivity contribution in [2.75, 3.05) is 13.6 Å². The summed E-state index contributed by atoms with van der Waals surface area (Å²) < 4.78 is 0. The third kappa shape index (κ3) is 1.11. The summed E-state index contributed by atoms with van der Waals surface area (Å²) in [5.41, 5.74) is 4.05. The SMILES string of the molecule is CN1CC2=CC[C@H]3C[C@@]2(Cc2ccccc23)C1=O. The Hall–Kier alpha value is -1.57. The molecule has 1 heterocycles. The first-order valence-electron chi connectivity index (χ1n) is 6.73. The van der Waals surface area contributed by atoms with Crippen LogP contribution in [0, 0.1) is 5.41 Å². The molecule has 18 heavy (non-hydrogen) atoms. The van der Waals surface area contributed by atoms with Crippen LogP contribution in [0.4, 0.5) is 0 Å². The molecule has 1 aromatic rings. The first-order chi connectivity index (χ1) is 8.71. The molecule has 1 saturated heterocycles. The van der Waals surface area contributed by atoms with Crippen LogP contribution in [-0.2, 0) is 11.2 Å². The Kier molecular flexibility index (Phi) is 1.87. The maximum Gasteiger partial charge on any atom is 0.233 e. The topological polar surface area (TPSA) is 20.3 Å². The molecule has 1 amide bonds. The van der Waals surface area contributed by atoms with Crippen LogP contribution < -0.4 is 0 Å². The van der Waals surface area contributed by atoms with Gasteiger partial charge in [-0.15, -0.1) is 0 Å². The molecular weight excluding hydrogens is 222 g/mol. The Labute approximate surface area is 107 Å². The summed E-state index contributed by atoms with van der Waals surface area (Å²) in [4.78, 5) is 14.5. The number of likely N-dealkylation sites (N-methyl/N-ethyl adjacent to an activating group) is 1. The summed E-state index contributed by atoms with van der Waals surface area (Å²) in [7, 11) is 1.94. The van der Waals surface area contributed by atoms with Crippen LogP contribution in [0.25, 0.3) is 0 Å². The van der Waals surface area contributed by atoms with E-state index in [4.69, 9.17) is 0 Å². The molecule has 1 aromatic carbocycles. The molecule has 4 rings (SSSR count). The van der Waals surface area contributed by atoms with Gasteiger partial charge in [0.25, 0.3) is 0 Å². The summed E-state index contributed by atoms with van der Waals surface area (Å²) in [5, 5.41) is 0. The molecule has 2 bridgehead atoms. The van der Waals surface area contributed by atoms with Gasteiger partial charge >= 0.3 is 0 Å². The van der Waals surface area contributed by atoms with Crippen LogP contribution in [0.2, 0.25) is 0 Å². The molecule has 3 aliphatic rings. The Morgan fingerprint density at radius 3 is 3.06 bits per heavy atom. The third-order valence-electron chi connectivity index (χ3n) is 5.01. The fourth-order valence-electron chi connectivity index (χ4n) is 4.16. The van der Waals surface area contributed by atoms with E-state index in [0.717, 1.165) is 25.8 Å². The molecule has 2 aliphatic carbocycles. The second-order valence-electron chi connectivity index (χ2n) is 5.99. The van der Waals surface area contributed by atoms with E-state index in [1.54, 1.807) is 0 Å². The largest absolute Gasteiger partial charge is 0.341 e. The number of allylic oxidation sites excluding steroid dienone is 1. The van der Waals surface area contributed by atoms with Gasteiger partial charge in [0.1, 0.15) is 0 Å². The van der Waals surface area contributed by atoms with Gasteiger partial charge in [-0.05, 0) is 41.9 Å². The predicted octanol–water partition coefficient (Wildman–Crippen LogP) is 2.50. The first kappa shape index (κ1) is 10.4. The van der Waals surface area contributed by atoms with Crippen molar-refractivity contribution in [3.8, 4) is 0 Å². The van der Waals surface area contributed by atoms with Crippen molar-refractivity contribution < 1.29 is 4.79 Å². The van der Waals surface area contributed by atoms with Gasteiger partial charge in [0, 0.05) is 13.6 Å². The number of benzene rings is 1.